The van der Waals surface area contributed by atoms with Gasteiger partial charge < -0.3 is 21.1 Å². The van der Waals surface area contributed by atoms with Crippen LogP contribution in [-0.4, -0.2) is 50.3 Å². The summed E-state index contributed by atoms with van der Waals surface area (Å²) in [6.07, 6.45) is 0. The predicted molar refractivity (Wildman–Crippen MR) is 73.7 cm³/mol. The number of anilines is 3. The second kappa shape index (κ2) is 4.66. The third-order valence-corrected chi connectivity index (χ3v) is 3.90. The van der Waals surface area contributed by atoms with Crippen LogP contribution in [0, 0.1) is 0 Å². The smallest absolute Gasteiger partial charge is 0.0785 e. The van der Waals surface area contributed by atoms with Gasteiger partial charge in [0.1, 0.15) is 0 Å². The van der Waals surface area contributed by atoms with Crippen molar-refractivity contribution in [1.29, 1.82) is 0 Å². The fraction of sp³-hybridized carbons (Fsp3) is 0.538. The highest BCUT2D eigenvalue weighted by atomic mass is 16.5. The molecule has 2 aliphatic rings. The Labute approximate surface area is 107 Å². The highest BCUT2D eigenvalue weighted by Gasteiger charge is 2.30. The van der Waals surface area contributed by atoms with Gasteiger partial charge in [0.05, 0.1) is 36.3 Å². The second-order valence-corrected chi connectivity index (χ2v) is 4.99. The number of hydrogen-bond acceptors (Lipinski definition) is 5. The molecular formula is C13H20N4O. The van der Waals surface area contributed by atoms with E-state index in [1.807, 2.05) is 18.2 Å². The molecule has 0 amide bonds. The lowest BCUT2D eigenvalue weighted by molar-refractivity contribution is -0.0116. The normalized spacial score (nSPS) is 24.9. The van der Waals surface area contributed by atoms with Crippen molar-refractivity contribution >= 4 is 17.1 Å². The molecule has 0 aromatic heterocycles. The van der Waals surface area contributed by atoms with Crippen LogP contribution < -0.4 is 16.4 Å². The summed E-state index contributed by atoms with van der Waals surface area (Å²) in [6.45, 7) is 5.76. The summed E-state index contributed by atoms with van der Waals surface area (Å²) in [7, 11) is 0. The summed E-state index contributed by atoms with van der Waals surface area (Å²) in [5, 5.41) is 0. The lowest BCUT2D eigenvalue weighted by Gasteiger charge is -2.44. The Bertz CT molecular complexity index is 437. The van der Waals surface area contributed by atoms with Crippen molar-refractivity contribution in [2.24, 2.45) is 0 Å². The van der Waals surface area contributed by atoms with Crippen molar-refractivity contribution in [2.75, 3.05) is 55.8 Å². The highest BCUT2D eigenvalue weighted by Crippen LogP contribution is 2.30. The van der Waals surface area contributed by atoms with Gasteiger partial charge in [-0.25, -0.2) is 0 Å². The monoisotopic (exact) mass is 248 g/mol. The number of nitrogens with two attached hydrogens (primary N) is 2. The van der Waals surface area contributed by atoms with E-state index >= 15 is 0 Å². The third-order valence-electron chi connectivity index (χ3n) is 3.90. The molecule has 2 fully saturated rings. The number of hydrogen-bond donors (Lipinski definition) is 2. The van der Waals surface area contributed by atoms with Gasteiger partial charge in [-0.2, -0.15) is 0 Å². The van der Waals surface area contributed by atoms with E-state index in [1.165, 1.54) is 0 Å². The van der Waals surface area contributed by atoms with Gasteiger partial charge in [-0.1, -0.05) is 6.07 Å². The number of fused-ring (bicyclic) bond motifs is 1. The van der Waals surface area contributed by atoms with Crippen molar-refractivity contribution in [3.8, 4) is 0 Å². The number of nitrogens with zero attached hydrogens (tertiary/aromatic N) is 2. The summed E-state index contributed by atoms with van der Waals surface area (Å²) in [5.41, 5.74) is 14.4. The number of rotatable bonds is 1. The maximum Gasteiger partial charge on any atom is 0.0785 e. The van der Waals surface area contributed by atoms with Gasteiger partial charge in [0.15, 0.2) is 0 Å². The first-order valence-corrected chi connectivity index (χ1v) is 6.46. The molecule has 4 N–H and O–H groups in total. The van der Waals surface area contributed by atoms with E-state index < -0.39 is 0 Å². The minimum Gasteiger partial charge on any atom is -0.397 e. The zero-order valence-electron chi connectivity index (χ0n) is 10.5. The molecular weight excluding hydrogens is 228 g/mol. The van der Waals surface area contributed by atoms with E-state index in [4.69, 9.17) is 16.2 Å². The lowest BCUT2D eigenvalue weighted by atomic mass is 10.1. The van der Waals surface area contributed by atoms with Crippen molar-refractivity contribution in [3.05, 3.63) is 18.2 Å². The van der Waals surface area contributed by atoms with E-state index in [2.05, 4.69) is 9.80 Å². The first-order chi connectivity index (χ1) is 8.75. The van der Waals surface area contributed by atoms with Crippen LogP contribution in [0.4, 0.5) is 17.1 Å². The molecule has 3 rings (SSSR count). The maximum atomic E-state index is 6.07. The topological polar surface area (TPSA) is 67.8 Å². The van der Waals surface area contributed by atoms with E-state index in [9.17, 15) is 0 Å². The van der Waals surface area contributed by atoms with Crippen molar-refractivity contribution in [2.45, 2.75) is 6.04 Å². The van der Waals surface area contributed by atoms with Crippen LogP contribution >= 0.6 is 0 Å². The Kier molecular flexibility index (Phi) is 3.01. The predicted octanol–water partition coefficient (Wildman–Crippen LogP) is 0.372. The highest BCUT2D eigenvalue weighted by molar-refractivity contribution is 5.79. The van der Waals surface area contributed by atoms with Gasteiger partial charge in [-0.3, -0.25) is 4.90 Å². The molecule has 0 saturated carbocycles. The van der Waals surface area contributed by atoms with E-state index in [0.717, 1.165) is 45.1 Å². The average molecular weight is 248 g/mol. The number of morpholine rings is 1. The fourth-order valence-corrected chi connectivity index (χ4v) is 2.81. The molecule has 0 spiro atoms. The molecule has 0 bridgehead atoms. The largest absolute Gasteiger partial charge is 0.397 e. The van der Waals surface area contributed by atoms with Crippen molar-refractivity contribution in [3.63, 3.8) is 0 Å². The van der Waals surface area contributed by atoms with Gasteiger partial charge in [0.2, 0.25) is 0 Å². The minimum absolute atomic E-state index is 0.480. The first kappa shape index (κ1) is 11.6. The van der Waals surface area contributed by atoms with Gasteiger partial charge in [-0.15, -0.1) is 0 Å². The Morgan fingerprint density at radius 1 is 1.17 bits per heavy atom. The number of para-hydroxylation sites is 1. The van der Waals surface area contributed by atoms with Crippen molar-refractivity contribution in [1.82, 2.24) is 4.90 Å². The minimum atomic E-state index is 0.480. The molecule has 0 aliphatic carbocycles. The van der Waals surface area contributed by atoms with Crippen LogP contribution in [-0.2, 0) is 4.74 Å². The van der Waals surface area contributed by atoms with Crippen molar-refractivity contribution < 1.29 is 4.74 Å². The average Bonchev–Trinajstić information content (AvgIpc) is 2.41. The van der Waals surface area contributed by atoms with Gasteiger partial charge in [0.25, 0.3) is 0 Å². The summed E-state index contributed by atoms with van der Waals surface area (Å²) in [4.78, 5) is 4.82. The molecule has 18 heavy (non-hydrogen) atoms. The Morgan fingerprint density at radius 3 is 2.94 bits per heavy atom. The molecule has 1 aromatic carbocycles. The third kappa shape index (κ3) is 2.00. The van der Waals surface area contributed by atoms with Crippen LogP contribution in [0.2, 0.25) is 0 Å². The van der Waals surface area contributed by atoms with Crippen LogP contribution in [0.5, 0.6) is 0 Å². The molecule has 1 aromatic rings. The Balaban J connectivity index is 1.79. The van der Waals surface area contributed by atoms with Crippen LogP contribution in [0.15, 0.2) is 18.2 Å². The molecule has 0 radical (unpaired) electrons. The summed E-state index contributed by atoms with van der Waals surface area (Å²) >= 11 is 0. The standard InChI is InChI=1S/C13H20N4O/c14-11-2-1-3-12(13(11)15)17-5-4-16-6-7-18-9-10(16)8-17/h1-3,10H,4-9,14-15H2. The maximum absolute atomic E-state index is 6.07. The number of ether oxygens (including phenoxy) is 1. The zero-order chi connectivity index (χ0) is 12.5. The summed E-state index contributed by atoms with van der Waals surface area (Å²) in [6, 6.07) is 6.34. The molecule has 1 unspecified atom stereocenters. The fourth-order valence-electron chi connectivity index (χ4n) is 2.81. The van der Waals surface area contributed by atoms with Crippen LogP contribution in [0.3, 0.4) is 0 Å². The molecule has 2 heterocycles. The van der Waals surface area contributed by atoms with E-state index in [0.29, 0.717) is 17.4 Å². The van der Waals surface area contributed by atoms with E-state index in [-0.39, 0.29) is 0 Å². The molecule has 2 aliphatic heterocycles. The Morgan fingerprint density at radius 2 is 2.06 bits per heavy atom. The number of nitrogen functional groups attached to an aromatic ring is 2. The van der Waals surface area contributed by atoms with Gasteiger partial charge in [0, 0.05) is 26.2 Å². The second-order valence-electron chi connectivity index (χ2n) is 4.99. The summed E-state index contributed by atoms with van der Waals surface area (Å²) < 4.78 is 5.55. The first-order valence-electron chi connectivity index (χ1n) is 6.46. The van der Waals surface area contributed by atoms with Gasteiger partial charge in [-0.05, 0) is 12.1 Å². The quantitative estimate of drug-likeness (QED) is 0.703. The van der Waals surface area contributed by atoms with Gasteiger partial charge >= 0.3 is 0 Å². The zero-order valence-corrected chi connectivity index (χ0v) is 10.5. The SMILES string of the molecule is Nc1cccc(N2CCN3CCOCC3C2)c1N. The van der Waals surface area contributed by atoms with E-state index in [1.54, 1.807) is 0 Å². The molecule has 1 atom stereocenters. The lowest BCUT2D eigenvalue weighted by Crippen LogP contribution is -2.58. The molecule has 5 nitrogen and oxygen atoms in total. The number of piperazine rings is 1. The van der Waals surface area contributed by atoms with Crippen LogP contribution in [0.1, 0.15) is 0 Å². The molecule has 98 valence electrons. The Hall–Kier alpha value is -1.46. The molecule has 5 heteroatoms. The summed E-state index contributed by atoms with van der Waals surface area (Å²) in [5.74, 6) is 0. The number of benzene rings is 1. The molecule has 2 saturated heterocycles. The van der Waals surface area contributed by atoms with Crippen LogP contribution in [0.25, 0.3) is 0 Å².